The van der Waals surface area contributed by atoms with Gasteiger partial charge < -0.3 is 15.4 Å². The van der Waals surface area contributed by atoms with E-state index in [1.165, 1.54) is 22.2 Å². The third kappa shape index (κ3) is 4.31. The fourth-order valence-electron chi connectivity index (χ4n) is 3.76. The second-order valence-corrected chi connectivity index (χ2v) is 8.73. The standard InChI is InChI=1S/C22H23ClN4O3S/c1-3-30-16-10-6-5-9-15(16)25-20(28)18-13-8-4-7-11-17(13)31-22(18)26-21(29)19-14(23)12-24-27(19)2/h5-6,9-10,12H,3-4,7-8,11H2,1-2H3,(H,25,28)(H,26,29). The van der Waals surface area contributed by atoms with E-state index in [-0.39, 0.29) is 16.6 Å². The summed E-state index contributed by atoms with van der Waals surface area (Å²) < 4.78 is 7.05. The highest BCUT2D eigenvalue weighted by atomic mass is 35.5. The van der Waals surface area contributed by atoms with Gasteiger partial charge in [0.1, 0.15) is 16.4 Å². The van der Waals surface area contributed by atoms with Gasteiger partial charge in [-0.1, -0.05) is 23.7 Å². The number of benzene rings is 1. The minimum atomic E-state index is -0.396. The number of halogens is 1. The van der Waals surface area contributed by atoms with Crippen LogP contribution in [0.15, 0.2) is 30.5 Å². The second kappa shape index (κ2) is 9.11. The van der Waals surface area contributed by atoms with Crippen LogP contribution in [-0.4, -0.2) is 28.2 Å². The Balaban J connectivity index is 1.68. The molecule has 3 aromatic rings. The van der Waals surface area contributed by atoms with E-state index in [1.807, 2.05) is 25.1 Å². The summed E-state index contributed by atoms with van der Waals surface area (Å²) in [5.41, 5.74) is 2.37. The molecule has 9 heteroatoms. The Bertz CT molecular complexity index is 1120. The van der Waals surface area contributed by atoms with Crippen molar-refractivity contribution in [2.24, 2.45) is 7.05 Å². The number of anilines is 2. The molecule has 1 aliphatic rings. The number of nitrogens with one attached hydrogen (secondary N) is 2. The Kier molecular flexibility index (Phi) is 6.29. The van der Waals surface area contributed by atoms with Gasteiger partial charge in [0.25, 0.3) is 11.8 Å². The first-order chi connectivity index (χ1) is 15.0. The third-order valence-electron chi connectivity index (χ3n) is 5.17. The van der Waals surface area contributed by atoms with Gasteiger partial charge in [-0.3, -0.25) is 14.3 Å². The third-order valence-corrected chi connectivity index (χ3v) is 6.65. The summed E-state index contributed by atoms with van der Waals surface area (Å²) in [6, 6.07) is 7.31. The van der Waals surface area contributed by atoms with Crippen molar-refractivity contribution in [2.45, 2.75) is 32.6 Å². The first-order valence-corrected chi connectivity index (χ1v) is 11.4. The van der Waals surface area contributed by atoms with Gasteiger partial charge in [-0.05, 0) is 50.3 Å². The van der Waals surface area contributed by atoms with Gasteiger partial charge in [0.05, 0.1) is 29.1 Å². The highest BCUT2D eigenvalue weighted by Gasteiger charge is 2.28. The van der Waals surface area contributed by atoms with Crippen LogP contribution in [0.5, 0.6) is 5.75 Å². The fraction of sp³-hybridized carbons (Fsp3) is 0.318. The van der Waals surface area contributed by atoms with Gasteiger partial charge in [0.2, 0.25) is 0 Å². The van der Waals surface area contributed by atoms with Gasteiger partial charge >= 0.3 is 0 Å². The average Bonchev–Trinajstić information content (AvgIpc) is 3.28. The number of hydrogen-bond acceptors (Lipinski definition) is 5. The normalized spacial score (nSPS) is 12.9. The van der Waals surface area contributed by atoms with Gasteiger partial charge in [-0.25, -0.2) is 0 Å². The first kappa shape index (κ1) is 21.4. The van der Waals surface area contributed by atoms with Crippen LogP contribution in [-0.2, 0) is 19.9 Å². The fourth-order valence-corrected chi connectivity index (χ4v) is 5.29. The molecule has 162 valence electrons. The number of fused-ring (bicyclic) bond motifs is 1. The van der Waals surface area contributed by atoms with E-state index in [0.717, 1.165) is 36.1 Å². The topological polar surface area (TPSA) is 85.2 Å². The summed E-state index contributed by atoms with van der Waals surface area (Å²) in [4.78, 5) is 27.4. The van der Waals surface area contributed by atoms with Gasteiger partial charge in [-0.15, -0.1) is 11.3 Å². The Labute approximate surface area is 189 Å². The highest BCUT2D eigenvalue weighted by Crippen LogP contribution is 2.39. The molecule has 0 aliphatic heterocycles. The summed E-state index contributed by atoms with van der Waals surface area (Å²) in [6.07, 6.45) is 5.22. The maximum absolute atomic E-state index is 13.4. The van der Waals surface area contributed by atoms with Crippen molar-refractivity contribution in [3.05, 3.63) is 57.2 Å². The van der Waals surface area contributed by atoms with Crippen molar-refractivity contribution in [3.63, 3.8) is 0 Å². The van der Waals surface area contributed by atoms with Gasteiger partial charge in [0, 0.05) is 11.9 Å². The van der Waals surface area contributed by atoms with Crippen LogP contribution in [0.1, 0.15) is 51.1 Å². The lowest BCUT2D eigenvalue weighted by molar-refractivity contribution is 0.101. The molecule has 0 saturated heterocycles. The van der Waals surface area contributed by atoms with Gasteiger partial charge in [-0.2, -0.15) is 5.10 Å². The molecule has 1 aromatic carbocycles. The maximum Gasteiger partial charge on any atom is 0.276 e. The van der Waals surface area contributed by atoms with Crippen molar-refractivity contribution in [3.8, 4) is 5.75 Å². The number of thiophene rings is 1. The Hall–Kier alpha value is -2.84. The van der Waals surface area contributed by atoms with Crippen molar-refractivity contribution < 1.29 is 14.3 Å². The lowest BCUT2D eigenvalue weighted by Crippen LogP contribution is -2.20. The number of amides is 2. The molecule has 0 saturated carbocycles. The highest BCUT2D eigenvalue weighted by molar-refractivity contribution is 7.17. The molecular formula is C22H23ClN4O3S. The minimum absolute atomic E-state index is 0.251. The predicted molar refractivity (Wildman–Crippen MR) is 123 cm³/mol. The molecule has 0 spiro atoms. The monoisotopic (exact) mass is 458 g/mol. The molecule has 31 heavy (non-hydrogen) atoms. The van der Waals surface area contributed by atoms with E-state index in [0.29, 0.717) is 28.6 Å². The summed E-state index contributed by atoms with van der Waals surface area (Å²) in [7, 11) is 1.65. The Morgan fingerprint density at radius 2 is 1.97 bits per heavy atom. The van der Waals surface area contributed by atoms with E-state index in [9.17, 15) is 9.59 Å². The Morgan fingerprint density at radius 1 is 1.19 bits per heavy atom. The summed E-state index contributed by atoms with van der Waals surface area (Å²) in [6.45, 7) is 2.39. The van der Waals surface area contributed by atoms with E-state index >= 15 is 0 Å². The number of para-hydroxylation sites is 2. The largest absolute Gasteiger partial charge is 0.492 e. The van der Waals surface area contributed by atoms with Crippen LogP contribution in [0.3, 0.4) is 0 Å². The molecule has 1 aliphatic carbocycles. The molecule has 0 radical (unpaired) electrons. The van der Waals surface area contributed by atoms with E-state index < -0.39 is 5.91 Å². The lowest BCUT2D eigenvalue weighted by Gasteiger charge is -2.15. The minimum Gasteiger partial charge on any atom is -0.492 e. The number of carbonyl (C=O) groups is 2. The average molecular weight is 459 g/mol. The molecular weight excluding hydrogens is 436 g/mol. The summed E-state index contributed by atoms with van der Waals surface area (Å²) in [5.74, 6) is -0.0555. The quantitative estimate of drug-likeness (QED) is 0.549. The van der Waals surface area contributed by atoms with Crippen LogP contribution >= 0.6 is 22.9 Å². The van der Waals surface area contributed by atoms with Crippen LogP contribution in [0.4, 0.5) is 10.7 Å². The number of ether oxygens (including phenoxy) is 1. The van der Waals surface area contributed by atoms with E-state index in [4.69, 9.17) is 16.3 Å². The molecule has 2 heterocycles. The van der Waals surface area contributed by atoms with E-state index in [2.05, 4.69) is 15.7 Å². The molecule has 0 fully saturated rings. The zero-order valence-electron chi connectivity index (χ0n) is 17.3. The summed E-state index contributed by atoms with van der Waals surface area (Å²) in [5, 5.41) is 10.7. The number of aryl methyl sites for hydroxylation is 2. The number of hydrogen-bond donors (Lipinski definition) is 2. The van der Waals surface area contributed by atoms with Crippen molar-refractivity contribution in [1.29, 1.82) is 0 Å². The number of aromatic nitrogens is 2. The molecule has 2 aromatic heterocycles. The smallest absolute Gasteiger partial charge is 0.276 e. The molecule has 2 amide bonds. The van der Waals surface area contributed by atoms with Crippen molar-refractivity contribution in [2.75, 3.05) is 17.2 Å². The number of carbonyl (C=O) groups excluding carboxylic acids is 2. The van der Waals surface area contributed by atoms with Gasteiger partial charge in [0.15, 0.2) is 0 Å². The maximum atomic E-state index is 13.4. The SMILES string of the molecule is CCOc1ccccc1NC(=O)c1c(NC(=O)c2c(Cl)cnn2C)sc2c1CCCC2. The second-order valence-electron chi connectivity index (χ2n) is 7.22. The molecule has 0 unspecified atom stereocenters. The first-order valence-electron chi connectivity index (χ1n) is 10.2. The molecule has 4 rings (SSSR count). The van der Waals surface area contributed by atoms with Crippen LogP contribution in [0.25, 0.3) is 0 Å². The lowest BCUT2D eigenvalue weighted by atomic mass is 9.95. The number of nitrogens with zero attached hydrogens (tertiary/aromatic N) is 2. The van der Waals surface area contributed by atoms with Crippen LogP contribution < -0.4 is 15.4 Å². The molecule has 0 bridgehead atoms. The van der Waals surface area contributed by atoms with Crippen molar-refractivity contribution in [1.82, 2.24) is 9.78 Å². The summed E-state index contributed by atoms with van der Waals surface area (Å²) >= 11 is 7.59. The Morgan fingerprint density at radius 3 is 2.71 bits per heavy atom. The van der Waals surface area contributed by atoms with Crippen LogP contribution in [0, 0.1) is 0 Å². The number of rotatable bonds is 6. The van der Waals surface area contributed by atoms with Crippen molar-refractivity contribution >= 4 is 45.4 Å². The molecule has 0 atom stereocenters. The molecule has 7 nitrogen and oxygen atoms in total. The van der Waals surface area contributed by atoms with E-state index in [1.54, 1.807) is 13.1 Å². The zero-order chi connectivity index (χ0) is 22.0. The molecule has 2 N–H and O–H groups in total. The zero-order valence-corrected chi connectivity index (χ0v) is 18.9. The predicted octanol–water partition coefficient (Wildman–Crippen LogP) is 4.92. The van der Waals surface area contributed by atoms with Crippen LogP contribution in [0.2, 0.25) is 5.02 Å².